The lowest BCUT2D eigenvalue weighted by Gasteiger charge is -2.29. The minimum Gasteiger partial charge on any atom is -0.348 e. The molecule has 0 aromatic carbocycles. The van der Waals surface area contributed by atoms with Crippen molar-refractivity contribution in [3.8, 4) is 0 Å². The van der Waals surface area contributed by atoms with Crippen molar-refractivity contribution in [2.45, 2.75) is 45.2 Å². The van der Waals surface area contributed by atoms with E-state index in [1.165, 1.54) is 12.2 Å². The van der Waals surface area contributed by atoms with Crippen molar-refractivity contribution in [1.82, 2.24) is 10.6 Å². The highest BCUT2D eigenvalue weighted by molar-refractivity contribution is 5.96. The summed E-state index contributed by atoms with van der Waals surface area (Å²) in [4.78, 5) is 22.8. The molecule has 0 fully saturated rings. The molecule has 4 heteroatoms. The predicted octanol–water partition coefficient (Wildman–Crippen LogP) is 1.58. The quantitative estimate of drug-likeness (QED) is 0.645. The van der Waals surface area contributed by atoms with Gasteiger partial charge in [-0.3, -0.25) is 9.59 Å². The maximum absolute atomic E-state index is 11.5. The summed E-state index contributed by atoms with van der Waals surface area (Å²) in [6.45, 7) is 15.0. The van der Waals surface area contributed by atoms with E-state index >= 15 is 0 Å². The van der Waals surface area contributed by atoms with Gasteiger partial charge in [0, 0.05) is 5.54 Å². The SMILES string of the molecule is C=CC(=O)NC(C)(C)CCNC(C)(C)C(=O)C=C. The average Bonchev–Trinajstić information content (AvgIpc) is 2.26. The minimum absolute atomic E-state index is 0.0459. The van der Waals surface area contributed by atoms with Gasteiger partial charge in [0.05, 0.1) is 5.54 Å². The molecule has 2 N–H and O–H groups in total. The van der Waals surface area contributed by atoms with E-state index in [0.29, 0.717) is 13.0 Å². The third kappa shape index (κ3) is 5.77. The van der Waals surface area contributed by atoms with Gasteiger partial charge in [0.25, 0.3) is 0 Å². The van der Waals surface area contributed by atoms with Gasteiger partial charge in [0.1, 0.15) is 0 Å². The van der Waals surface area contributed by atoms with Gasteiger partial charge in [0.2, 0.25) is 5.91 Å². The van der Waals surface area contributed by atoms with Crippen LogP contribution < -0.4 is 10.6 Å². The van der Waals surface area contributed by atoms with Gasteiger partial charge < -0.3 is 10.6 Å². The largest absolute Gasteiger partial charge is 0.348 e. The molecule has 0 atom stereocenters. The Balaban J connectivity index is 4.25. The summed E-state index contributed by atoms with van der Waals surface area (Å²) >= 11 is 0. The summed E-state index contributed by atoms with van der Waals surface area (Å²) < 4.78 is 0. The highest BCUT2D eigenvalue weighted by Gasteiger charge is 2.25. The molecule has 0 aromatic heterocycles. The minimum atomic E-state index is -0.625. The normalized spacial score (nSPS) is 11.8. The number of carbonyl (C=O) groups excluding carboxylic acids is 2. The first-order valence-electron chi connectivity index (χ1n) is 6.01. The van der Waals surface area contributed by atoms with Crippen molar-refractivity contribution < 1.29 is 9.59 Å². The van der Waals surface area contributed by atoms with Crippen LogP contribution >= 0.6 is 0 Å². The van der Waals surface area contributed by atoms with Crippen LogP contribution in [-0.4, -0.2) is 29.3 Å². The zero-order chi connectivity index (χ0) is 14.4. The molecule has 0 spiro atoms. The summed E-state index contributed by atoms with van der Waals surface area (Å²) in [5.74, 6) is -0.239. The Hall–Kier alpha value is -1.42. The van der Waals surface area contributed by atoms with Crippen molar-refractivity contribution in [2.75, 3.05) is 6.54 Å². The Bertz CT molecular complexity index is 344. The fourth-order valence-corrected chi connectivity index (χ4v) is 1.48. The molecule has 1 amide bonds. The topological polar surface area (TPSA) is 58.2 Å². The van der Waals surface area contributed by atoms with E-state index in [1.807, 2.05) is 27.7 Å². The van der Waals surface area contributed by atoms with Gasteiger partial charge in [-0.2, -0.15) is 0 Å². The first-order valence-corrected chi connectivity index (χ1v) is 6.01. The third-order valence-corrected chi connectivity index (χ3v) is 2.77. The Morgan fingerprint density at radius 1 is 1.11 bits per heavy atom. The van der Waals surface area contributed by atoms with Crippen molar-refractivity contribution in [1.29, 1.82) is 0 Å². The van der Waals surface area contributed by atoms with E-state index in [9.17, 15) is 9.59 Å². The lowest BCUT2D eigenvalue weighted by atomic mass is 9.96. The van der Waals surface area contributed by atoms with Gasteiger partial charge in [-0.15, -0.1) is 0 Å². The van der Waals surface area contributed by atoms with E-state index in [0.717, 1.165) is 0 Å². The number of rotatable bonds is 8. The van der Waals surface area contributed by atoms with Crippen LogP contribution in [0.5, 0.6) is 0 Å². The van der Waals surface area contributed by atoms with Crippen LogP contribution in [0.25, 0.3) is 0 Å². The summed E-state index contributed by atoms with van der Waals surface area (Å²) in [7, 11) is 0. The van der Waals surface area contributed by atoms with Gasteiger partial charge in [-0.05, 0) is 52.8 Å². The van der Waals surface area contributed by atoms with Gasteiger partial charge in [-0.1, -0.05) is 13.2 Å². The van der Waals surface area contributed by atoms with Crippen LogP contribution in [0.1, 0.15) is 34.1 Å². The summed E-state index contributed by atoms with van der Waals surface area (Å²) in [6.07, 6.45) is 3.28. The van der Waals surface area contributed by atoms with E-state index in [4.69, 9.17) is 0 Å². The molecule has 0 aliphatic carbocycles. The predicted molar refractivity (Wildman–Crippen MR) is 74.3 cm³/mol. The molecular formula is C14H24N2O2. The Morgan fingerprint density at radius 3 is 2.11 bits per heavy atom. The lowest BCUT2D eigenvalue weighted by molar-refractivity contribution is -0.120. The molecule has 4 nitrogen and oxygen atoms in total. The average molecular weight is 252 g/mol. The van der Waals surface area contributed by atoms with Crippen molar-refractivity contribution in [3.05, 3.63) is 25.3 Å². The molecule has 0 saturated carbocycles. The summed E-state index contributed by atoms with van der Waals surface area (Å²) in [6, 6.07) is 0. The van der Waals surface area contributed by atoms with Crippen LogP contribution in [0.15, 0.2) is 25.3 Å². The van der Waals surface area contributed by atoms with E-state index in [1.54, 1.807) is 0 Å². The molecule has 0 bridgehead atoms. The molecule has 0 aliphatic heterocycles. The molecular weight excluding hydrogens is 228 g/mol. The molecule has 102 valence electrons. The van der Waals surface area contributed by atoms with E-state index in [-0.39, 0.29) is 17.2 Å². The van der Waals surface area contributed by atoms with Crippen LogP contribution in [0.2, 0.25) is 0 Å². The monoisotopic (exact) mass is 252 g/mol. The van der Waals surface area contributed by atoms with Gasteiger partial charge >= 0.3 is 0 Å². The Kier molecular flexibility index (Phi) is 5.98. The molecule has 0 radical (unpaired) electrons. The van der Waals surface area contributed by atoms with Gasteiger partial charge in [-0.25, -0.2) is 0 Å². The summed E-state index contributed by atoms with van der Waals surface area (Å²) in [5.41, 5.74) is -0.966. The third-order valence-electron chi connectivity index (χ3n) is 2.77. The van der Waals surface area contributed by atoms with Crippen LogP contribution in [0.3, 0.4) is 0 Å². The zero-order valence-electron chi connectivity index (χ0n) is 11.8. The molecule has 0 unspecified atom stereocenters. The first-order chi connectivity index (χ1) is 8.14. The lowest BCUT2D eigenvalue weighted by Crippen LogP contribution is -2.50. The fraction of sp³-hybridized carbons (Fsp3) is 0.571. The first kappa shape index (κ1) is 16.6. The number of amides is 1. The molecule has 0 rings (SSSR count). The van der Waals surface area contributed by atoms with Crippen molar-refractivity contribution >= 4 is 11.7 Å². The molecule has 0 saturated heterocycles. The molecule has 0 aromatic rings. The van der Waals surface area contributed by atoms with E-state index in [2.05, 4.69) is 23.8 Å². The van der Waals surface area contributed by atoms with Crippen LogP contribution in [0.4, 0.5) is 0 Å². The second kappa shape index (κ2) is 6.50. The molecule has 0 aliphatic rings. The second-order valence-electron chi connectivity index (χ2n) is 5.45. The van der Waals surface area contributed by atoms with Crippen molar-refractivity contribution in [3.63, 3.8) is 0 Å². The second-order valence-corrected chi connectivity index (χ2v) is 5.45. The standard InChI is InChI=1S/C14H24N2O2/c1-7-11(17)14(5,6)15-10-9-13(3,4)16-12(18)8-2/h7-8,15H,1-2,9-10H2,3-6H3,(H,16,18). The van der Waals surface area contributed by atoms with Crippen LogP contribution in [0, 0.1) is 0 Å². The van der Waals surface area contributed by atoms with Crippen molar-refractivity contribution in [2.24, 2.45) is 0 Å². The number of hydrogen-bond acceptors (Lipinski definition) is 3. The highest BCUT2D eigenvalue weighted by Crippen LogP contribution is 2.10. The van der Waals surface area contributed by atoms with Gasteiger partial charge in [0.15, 0.2) is 5.78 Å². The molecule has 0 heterocycles. The number of carbonyl (C=O) groups is 2. The van der Waals surface area contributed by atoms with Crippen LogP contribution in [-0.2, 0) is 9.59 Å². The summed E-state index contributed by atoms with van der Waals surface area (Å²) in [5, 5.41) is 5.99. The zero-order valence-corrected chi connectivity index (χ0v) is 11.8. The maximum Gasteiger partial charge on any atom is 0.243 e. The van der Waals surface area contributed by atoms with E-state index < -0.39 is 5.54 Å². The smallest absolute Gasteiger partial charge is 0.243 e. The number of ketones is 1. The Labute approximate surface area is 110 Å². The number of hydrogen-bond donors (Lipinski definition) is 2. The molecule has 18 heavy (non-hydrogen) atoms. The maximum atomic E-state index is 11.5. The Morgan fingerprint density at radius 2 is 1.67 bits per heavy atom. The fourth-order valence-electron chi connectivity index (χ4n) is 1.48. The highest BCUT2D eigenvalue weighted by atomic mass is 16.1. The number of nitrogens with one attached hydrogen (secondary N) is 2.